The maximum Gasteiger partial charge on any atom is 0.225 e. The van der Waals surface area contributed by atoms with Gasteiger partial charge in [0.05, 0.1) is 20.1 Å². The van der Waals surface area contributed by atoms with Gasteiger partial charge in [0.25, 0.3) is 0 Å². The molecule has 0 radical (unpaired) electrons. The minimum Gasteiger partial charge on any atom is -0.493 e. The van der Waals surface area contributed by atoms with Gasteiger partial charge >= 0.3 is 0 Å². The zero-order valence-electron chi connectivity index (χ0n) is 16.2. The van der Waals surface area contributed by atoms with E-state index in [2.05, 4.69) is 10.3 Å². The lowest BCUT2D eigenvalue weighted by atomic mass is 10.1. The Morgan fingerprint density at radius 2 is 1.89 bits per heavy atom. The first-order valence-corrected chi connectivity index (χ1v) is 9.26. The van der Waals surface area contributed by atoms with Crippen LogP contribution in [0.2, 0.25) is 0 Å². The lowest BCUT2D eigenvalue weighted by Gasteiger charge is -2.17. The molecule has 1 aliphatic heterocycles. The summed E-state index contributed by atoms with van der Waals surface area (Å²) in [6, 6.07) is 9.44. The monoisotopic (exact) mass is 383 g/mol. The van der Waals surface area contributed by atoms with Crippen molar-refractivity contribution in [1.82, 2.24) is 15.2 Å². The highest BCUT2D eigenvalue weighted by molar-refractivity contribution is 5.89. The highest BCUT2D eigenvalue weighted by Gasteiger charge is 2.33. The Morgan fingerprint density at radius 1 is 1.14 bits per heavy atom. The number of nitrogens with one attached hydrogen (secondary N) is 1. The third-order valence-electron chi connectivity index (χ3n) is 4.92. The molecule has 28 heavy (non-hydrogen) atoms. The molecule has 2 aromatic rings. The second-order valence-corrected chi connectivity index (χ2v) is 6.75. The first-order valence-electron chi connectivity index (χ1n) is 9.26. The van der Waals surface area contributed by atoms with Gasteiger partial charge in [0, 0.05) is 38.4 Å². The van der Waals surface area contributed by atoms with Gasteiger partial charge in [-0.05, 0) is 41.8 Å². The van der Waals surface area contributed by atoms with Gasteiger partial charge in [-0.2, -0.15) is 0 Å². The molecule has 0 bridgehead atoms. The molecule has 1 saturated heterocycles. The summed E-state index contributed by atoms with van der Waals surface area (Å²) < 4.78 is 10.6. The molecule has 1 N–H and O–H groups in total. The molecule has 7 heteroatoms. The Bertz CT molecular complexity index is 826. The predicted molar refractivity (Wildman–Crippen MR) is 104 cm³/mol. The van der Waals surface area contributed by atoms with Crippen molar-refractivity contribution in [3.05, 3.63) is 53.9 Å². The van der Waals surface area contributed by atoms with E-state index in [1.165, 1.54) is 0 Å². The van der Waals surface area contributed by atoms with Crippen molar-refractivity contribution in [2.45, 2.75) is 19.4 Å². The number of hydrogen-bond acceptors (Lipinski definition) is 5. The molecule has 1 aromatic carbocycles. The first kappa shape index (κ1) is 19.7. The smallest absolute Gasteiger partial charge is 0.225 e. The van der Waals surface area contributed by atoms with Crippen LogP contribution in [-0.2, 0) is 22.6 Å². The van der Waals surface area contributed by atoms with Gasteiger partial charge < -0.3 is 19.7 Å². The van der Waals surface area contributed by atoms with Gasteiger partial charge in [0.1, 0.15) is 0 Å². The number of carbonyl (C=O) groups is 2. The van der Waals surface area contributed by atoms with Crippen LogP contribution in [0, 0.1) is 5.92 Å². The van der Waals surface area contributed by atoms with Gasteiger partial charge in [-0.25, -0.2) is 0 Å². The van der Waals surface area contributed by atoms with Crippen LogP contribution < -0.4 is 14.8 Å². The maximum absolute atomic E-state index is 12.4. The summed E-state index contributed by atoms with van der Waals surface area (Å²) >= 11 is 0. The highest BCUT2D eigenvalue weighted by Crippen LogP contribution is 2.28. The van der Waals surface area contributed by atoms with E-state index in [0.717, 1.165) is 11.1 Å². The number of ether oxygens (including phenoxy) is 2. The molecule has 0 aliphatic carbocycles. The van der Waals surface area contributed by atoms with E-state index in [4.69, 9.17) is 9.47 Å². The van der Waals surface area contributed by atoms with E-state index in [1.54, 1.807) is 31.5 Å². The maximum atomic E-state index is 12.4. The van der Waals surface area contributed by atoms with Crippen molar-refractivity contribution in [3.8, 4) is 11.5 Å². The largest absolute Gasteiger partial charge is 0.493 e. The first-order chi connectivity index (χ1) is 13.6. The third-order valence-corrected chi connectivity index (χ3v) is 4.92. The van der Waals surface area contributed by atoms with Crippen LogP contribution in [0.4, 0.5) is 0 Å². The lowest BCUT2D eigenvalue weighted by Crippen LogP contribution is -2.33. The summed E-state index contributed by atoms with van der Waals surface area (Å²) in [6.07, 6.45) is 4.33. The Balaban J connectivity index is 1.51. The van der Waals surface area contributed by atoms with E-state index in [9.17, 15) is 9.59 Å². The van der Waals surface area contributed by atoms with Crippen molar-refractivity contribution >= 4 is 11.8 Å². The molecule has 148 valence electrons. The second kappa shape index (κ2) is 9.21. The van der Waals surface area contributed by atoms with E-state index >= 15 is 0 Å². The van der Waals surface area contributed by atoms with Crippen molar-refractivity contribution < 1.29 is 19.1 Å². The van der Waals surface area contributed by atoms with E-state index in [-0.39, 0.29) is 24.2 Å². The topological polar surface area (TPSA) is 80.8 Å². The molecular weight excluding hydrogens is 358 g/mol. The number of benzene rings is 1. The Hall–Kier alpha value is -3.09. The number of nitrogens with zero attached hydrogens (tertiary/aromatic N) is 2. The van der Waals surface area contributed by atoms with E-state index in [0.29, 0.717) is 37.6 Å². The number of hydrogen-bond donors (Lipinski definition) is 1. The molecule has 1 aromatic heterocycles. The van der Waals surface area contributed by atoms with Crippen molar-refractivity contribution in [2.24, 2.45) is 5.92 Å². The number of likely N-dealkylation sites (tertiary alicyclic amines) is 1. The van der Waals surface area contributed by atoms with Crippen molar-refractivity contribution in [2.75, 3.05) is 27.3 Å². The summed E-state index contributed by atoms with van der Waals surface area (Å²) in [5.74, 6) is 0.971. The van der Waals surface area contributed by atoms with E-state index < -0.39 is 0 Å². The normalized spacial score (nSPS) is 16.1. The van der Waals surface area contributed by atoms with Crippen molar-refractivity contribution in [3.63, 3.8) is 0 Å². The Morgan fingerprint density at radius 3 is 2.61 bits per heavy atom. The summed E-state index contributed by atoms with van der Waals surface area (Å²) in [6.45, 7) is 1.47. The van der Waals surface area contributed by atoms with Crippen LogP contribution in [0.15, 0.2) is 42.7 Å². The van der Waals surface area contributed by atoms with Crippen LogP contribution in [0.3, 0.4) is 0 Å². The Labute approximate surface area is 164 Å². The number of pyridine rings is 1. The zero-order chi connectivity index (χ0) is 19.9. The standard InChI is InChI=1S/C21H25N3O4/c1-27-18-4-3-15(11-19(18)28-2)7-10-24-14-17(12-20(24)25)21(26)23-13-16-5-8-22-9-6-16/h3-6,8-9,11,17H,7,10,12-14H2,1-2H3,(H,23,26)/t17-/m1/s1. The van der Waals surface area contributed by atoms with Gasteiger partial charge in [-0.1, -0.05) is 6.07 Å². The second-order valence-electron chi connectivity index (χ2n) is 6.75. The van der Waals surface area contributed by atoms with Crippen LogP contribution in [0.25, 0.3) is 0 Å². The predicted octanol–water partition coefficient (Wildman–Crippen LogP) is 1.81. The molecular formula is C21H25N3O4. The molecule has 1 atom stereocenters. The summed E-state index contributed by atoms with van der Waals surface area (Å²) in [5.41, 5.74) is 2.04. The SMILES string of the molecule is COc1ccc(CCN2C[C@H](C(=O)NCc3ccncc3)CC2=O)cc1OC. The average molecular weight is 383 g/mol. The van der Waals surface area contributed by atoms with Crippen LogP contribution in [-0.4, -0.2) is 49.0 Å². The minimum absolute atomic E-state index is 0.0181. The van der Waals surface area contributed by atoms with Gasteiger partial charge in [0.15, 0.2) is 11.5 Å². The van der Waals surface area contributed by atoms with Crippen molar-refractivity contribution in [1.29, 1.82) is 0 Å². The fourth-order valence-electron chi connectivity index (χ4n) is 3.30. The summed E-state index contributed by atoms with van der Waals surface area (Å²) in [5, 5.41) is 2.91. The molecule has 0 unspecified atom stereocenters. The molecule has 2 heterocycles. The van der Waals surface area contributed by atoms with E-state index in [1.807, 2.05) is 30.3 Å². The zero-order valence-corrected chi connectivity index (χ0v) is 16.2. The summed E-state index contributed by atoms with van der Waals surface area (Å²) in [4.78, 5) is 30.4. The molecule has 0 saturated carbocycles. The van der Waals surface area contributed by atoms with Gasteiger partial charge in [-0.3, -0.25) is 14.6 Å². The molecule has 1 aliphatic rings. The summed E-state index contributed by atoms with van der Waals surface area (Å²) in [7, 11) is 3.20. The number of rotatable bonds is 8. The fourth-order valence-corrected chi connectivity index (χ4v) is 3.30. The van der Waals surface area contributed by atoms with Crippen LogP contribution in [0.5, 0.6) is 11.5 Å². The van der Waals surface area contributed by atoms with Gasteiger partial charge in [-0.15, -0.1) is 0 Å². The molecule has 7 nitrogen and oxygen atoms in total. The number of carbonyl (C=O) groups excluding carboxylic acids is 2. The average Bonchev–Trinajstić information content (AvgIpc) is 3.11. The quantitative estimate of drug-likeness (QED) is 0.752. The van der Waals surface area contributed by atoms with Crippen LogP contribution in [0.1, 0.15) is 17.5 Å². The lowest BCUT2D eigenvalue weighted by molar-refractivity contribution is -0.129. The van der Waals surface area contributed by atoms with Crippen LogP contribution >= 0.6 is 0 Å². The highest BCUT2D eigenvalue weighted by atomic mass is 16.5. The Kier molecular flexibility index (Phi) is 6.47. The number of aromatic nitrogens is 1. The number of methoxy groups -OCH3 is 2. The molecule has 1 fully saturated rings. The fraction of sp³-hybridized carbons (Fsp3) is 0.381. The molecule has 2 amide bonds. The third kappa shape index (κ3) is 4.79. The van der Waals surface area contributed by atoms with Gasteiger partial charge in [0.2, 0.25) is 11.8 Å². The molecule has 0 spiro atoms. The minimum atomic E-state index is -0.306. The number of amides is 2. The molecule has 3 rings (SSSR count).